The number of fused-ring (bicyclic) bond motifs is 1. The highest BCUT2D eigenvalue weighted by Gasteiger charge is 2.25. The number of aromatic nitrogens is 3. The van der Waals surface area contributed by atoms with E-state index in [2.05, 4.69) is 19.9 Å². The summed E-state index contributed by atoms with van der Waals surface area (Å²) < 4.78 is 13.4. The first-order valence-corrected chi connectivity index (χ1v) is 8.67. The van der Waals surface area contributed by atoms with E-state index in [1.54, 1.807) is 0 Å². The standard InChI is InChI=1S/C16H26N4O2/c1-5-19(8-14-4-7-21-11-14)9-16-15(17-18-20(16)6-1)12-22-10-13-2-3-13/h13-14H,1-12H2/t14-/m1/s1. The summed E-state index contributed by atoms with van der Waals surface area (Å²) in [7, 11) is 0. The van der Waals surface area contributed by atoms with Crippen LogP contribution < -0.4 is 0 Å². The summed E-state index contributed by atoms with van der Waals surface area (Å²) in [5.74, 6) is 1.49. The Labute approximate surface area is 131 Å². The molecule has 0 unspecified atom stereocenters. The molecule has 0 amide bonds. The van der Waals surface area contributed by atoms with E-state index in [9.17, 15) is 0 Å². The van der Waals surface area contributed by atoms with Crippen LogP contribution in [0.25, 0.3) is 0 Å². The van der Waals surface area contributed by atoms with E-state index in [1.807, 2.05) is 0 Å². The van der Waals surface area contributed by atoms with Gasteiger partial charge in [0.2, 0.25) is 0 Å². The van der Waals surface area contributed by atoms with Crippen molar-refractivity contribution in [3.63, 3.8) is 0 Å². The summed E-state index contributed by atoms with van der Waals surface area (Å²) in [6, 6.07) is 0. The molecule has 6 nitrogen and oxygen atoms in total. The number of nitrogens with zero attached hydrogens (tertiary/aromatic N) is 4. The number of ether oxygens (including phenoxy) is 2. The molecule has 1 aliphatic carbocycles. The maximum Gasteiger partial charge on any atom is 0.113 e. The molecule has 0 spiro atoms. The molecule has 1 aromatic heterocycles. The van der Waals surface area contributed by atoms with Crippen molar-refractivity contribution in [1.29, 1.82) is 0 Å². The third-order valence-electron chi connectivity index (χ3n) is 4.97. The summed E-state index contributed by atoms with van der Waals surface area (Å²) in [6.07, 6.45) is 5.01. The molecule has 1 atom stereocenters. The summed E-state index contributed by atoms with van der Waals surface area (Å²) in [5, 5.41) is 8.69. The molecule has 1 aromatic rings. The summed E-state index contributed by atoms with van der Waals surface area (Å²) in [6.45, 7) is 7.55. The highest BCUT2D eigenvalue weighted by Crippen LogP contribution is 2.29. The highest BCUT2D eigenvalue weighted by atomic mass is 16.5. The minimum atomic E-state index is 0.617. The van der Waals surface area contributed by atoms with Gasteiger partial charge in [0.1, 0.15) is 5.69 Å². The molecule has 0 aromatic carbocycles. The smallest absolute Gasteiger partial charge is 0.113 e. The van der Waals surface area contributed by atoms with Crippen LogP contribution in [-0.2, 0) is 29.2 Å². The fourth-order valence-corrected chi connectivity index (χ4v) is 3.42. The monoisotopic (exact) mass is 306 g/mol. The molecule has 22 heavy (non-hydrogen) atoms. The lowest BCUT2D eigenvalue weighted by molar-refractivity contribution is 0.107. The van der Waals surface area contributed by atoms with E-state index >= 15 is 0 Å². The van der Waals surface area contributed by atoms with Crippen LogP contribution in [-0.4, -0.2) is 52.8 Å². The first kappa shape index (κ1) is 14.6. The molecule has 0 radical (unpaired) electrons. The molecule has 122 valence electrons. The normalized spacial score (nSPS) is 26.1. The van der Waals surface area contributed by atoms with E-state index in [4.69, 9.17) is 9.47 Å². The van der Waals surface area contributed by atoms with Gasteiger partial charge in [0.05, 0.1) is 18.9 Å². The van der Waals surface area contributed by atoms with Crippen LogP contribution in [0.5, 0.6) is 0 Å². The van der Waals surface area contributed by atoms with Crippen molar-refractivity contribution < 1.29 is 9.47 Å². The number of hydrogen-bond donors (Lipinski definition) is 0. The lowest BCUT2D eigenvalue weighted by Gasteiger charge is -2.22. The Kier molecular flexibility index (Phi) is 4.41. The summed E-state index contributed by atoms with van der Waals surface area (Å²) >= 11 is 0. The van der Waals surface area contributed by atoms with E-state index in [1.165, 1.54) is 25.0 Å². The Morgan fingerprint density at radius 3 is 2.95 bits per heavy atom. The lowest BCUT2D eigenvalue weighted by Crippen LogP contribution is -2.30. The minimum Gasteiger partial charge on any atom is -0.381 e. The number of rotatable bonds is 6. The molecule has 3 aliphatic rings. The molecule has 0 N–H and O–H groups in total. The molecule has 2 fully saturated rings. The summed E-state index contributed by atoms with van der Waals surface area (Å²) in [5.41, 5.74) is 2.29. The van der Waals surface area contributed by atoms with Crippen LogP contribution in [0.2, 0.25) is 0 Å². The van der Waals surface area contributed by atoms with Gasteiger partial charge < -0.3 is 9.47 Å². The Morgan fingerprint density at radius 1 is 1.18 bits per heavy atom. The van der Waals surface area contributed by atoms with Gasteiger partial charge in [-0.2, -0.15) is 0 Å². The quantitative estimate of drug-likeness (QED) is 0.796. The van der Waals surface area contributed by atoms with Gasteiger partial charge in [-0.1, -0.05) is 5.21 Å². The molecule has 3 heterocycles. The Balaban J connectivity index is 1.38. The van der Waals surface area contributed by atoms with Gasteiger partial charge in [0.25, 0.3) is 0 Å². The molecule has 0 bridgehead atoms. The molecular weight excluding hydrogens is 280 g/mol. The fourth-order valence-electron chi connectivity index (χ4n) is 3.42. The topological polar surface area (TPSA) is 52.4 Å². The first-order valence-electron chi connectivity index (χ1n) is 8.67. The van der Waals surface area contributed by atoms with Crippen molar-refractivity contribution >= 4 is 0 Å². The summed E-state index contributed by atoms with van der Waals surface area (Å²) in [4.78, 5) is 2.55. The lowest BCUT2D eigenvalue weighted by atomic mass is 10.1. The van der Waals surface area contributed by atoms with Gasteiger partial charge in [-0.05, 0) is 37.5 Å². The molecule has 6 heteroatoms. The van der Waals surface area contributed by atoms with Crippen LogP contribution in [0.1, 0.15) is 37.1 Å². The van der Waals surface area contributed by atoms with E-state index in [0.29, 0.717) is 12.5 Å². The number of aryl methyl sites for hydroxylation is 1. The third-order valence-corrected chi connectivity index (χ3v) is 4.97. The van der Waals surface area contributed by atoms with Crippen LogP contribution in [0, 0.1) is 11.8 Å². The van der Waals surface area contributed by atoms with Gasteiger partial charge in [-0.15, -0.1) is 5.10 Å². The molecule has 2 aliphatic heterocycles. The second-order valence-electron chi connectivity index (χ2n) is 6.98. The molecule has 1 saturated carbocycles. The Hall–Kier alpha value is -0.980. The van der Waals surface area contributed by atoms with Crippen molar-refractivity contribution in [2.24, 2.45) is 11.8 Å². The van der Waals surface area contributed by atoms with Crippen LogP contribution in [0.15, 0.2) is 0 Å². The van der Waals surface area contributed by atoms with Gasteiger partial charge in [-0.3, -0.25) is 4.90 Å². The van der Waals surface area contributed by atoms with E-state index in [-0.39, 0.29) is 0 Å². The van der Waals surface area contributed by atoms with Gasteiger partial charge in [-0.25, -0.2) is 4.68 Å². The second-order valence-corrected chi connectivity index (χ2v) is 6.98. The van der Waals surface area contributed by atoms with Gasteiger partial charge >= 0.3 is 0 Å². The van der Waals surface area contributed by atoms with Crippen molar-refractivity contribution in [2.75, 3.05) is 32.9 Å². The maximum atomic E-state index is 5.82. The minimum absolute atomic E-state index is 0.617. The molecular formula is C16H26N4O2. The van der Waals surface area contributed by atoms with Crippen molar-refractivity contribution in [3.05, 3.63) is 11.4 Å². The van der Waals surface area contributed by atoms with Crippen LogP contribution in [0.4, 0.5) is 0 Å². The van der Waals surface area contributed by atoms with Gasteiger partial charge in [0, 0.05) is 39.4 Å². The predicted molar refractivity (Wildman–Crippen MR) is 81.2 cm³/mol. The predicted octanol–water partition coefficient (Wildman–Crippen LogP) is 1.45. The van der Waals surface area contributed by atoms with E-state index < -0.39 is 0 Å². The van der Waals surface area contributed by atoms with Crippen molar-refractivity contribution in [1.82, 2.24) is 19.9 Å². The van der Waals surface area contributed by atoms with Gasteiger partial charge in [0.15, 0.2) is 0 Å². The van der Waals surface area contributed by atoms with Crippen molar-refractivity contribution in [3.8, 4) is 0 Å². The average Bonchev–Trinajstić information content (AvgIpc) is 3.13. The zero-order valence-electron chi connectivity index (χ0n) is 13.2. The highest BCUT2D eigenvalue weighted by molar-refractivity contribution is 5.10. The number of hydrogen-bond acceptors (Lipinski definition) is 5. The fraction of sp³-hybridized carbons (Fsp3) is 0.875. The zero-order chi connectivity index (χ0) is 14.8. The maximum absolute atomic E-state index is 5.82. The Morgan fingerprint density at radius 2 is 2.14 bits per heavy atom. The third kappa shape index (κ3) is 3.50. The van der Waals surface area contributed by atoms with Crippen LogP contribution >= 0.6 is 0 Å². The average molecular weight is 306 g/mol. The van der Waals surface area contributed by atoms with E-state index in [0.717, 1.165) is 64.0 Å². The second kappa shape index (κ2) is 6.64. The zero-order valence-corrected chi connectivity index (χ0v) is 13.2. The first-order chi connectivity index (χ1) is 10.9. The molecule has 1 saturated heterocycles. The SMILES string of the molecule is C1CN(C[C@H]2CCOC2)Cc2c(COCC3CC3)nnn2C1. The molecule has 4 rings (SSSR count). The van der Waals surface area contributed by atoms with Crippen LogP contribution in [0.3, 0.4) is 0 Å². The van der Waals surface area contributed by atoms with Crippen molar-refractivity contribution in [2.45, 2.75) is 45.4 Å². The largest absolute Gasteiger partial charge is 0.381 e. The Bertz CT molecular complexity index is 494.